The van der Waals surface area contributed by atoms with E-state index in [9.17, 15) is 9.59 Å². The van der Waals surface area contributed by atoms with E-state index in [1.54, 1.807) is 4.90 Å². The molecule has 0 aromatic rings. The number of carbonyl (C=O) groups is 2. The van der Waals surface area contributed by atoms with Crippen LogP contribution in [0.1, 0.15) is 39.0 Å². The average molecular weight is 228 g/mol. The van der Waals surface area contributed by atoms with Crippen molar-refractivity contribution in [1.82, 2.24) is 10.2 Å². The van der Waals surface area contributed by atoms with E-state index in [0.717, 1.165) is 25.8 Å². The maximum Gasteiger partial charge on any atom is 0.317 e. The first kappa shape index (κ1) is 12.8. The molecule has 0 spiro atoms. The van der Waals surface area contributed by atoms with Gasteiger partial charge < -0.3 is 15.3 Å². The Morgan fingerprint density at radius 1 is 1.44 bits per heavy atom. The van der Waals surface area contributed by atoms with Crippen molar-refractivity contribution in [3.05, 3.63) is 0 Å². The van der Waals surface area contributed by atoms with Gasteiger partial charge >= 0.3 is 12.0 Å². The fraction of sp³-hybridized carbons (Fsp3) is 0.818. The highest BCUT2D eigenvalue weighted by molar-refractivity contribution is 5.74. The lowest BCUT2D eigenvalue weighted by Gasteiger charge is -2.35. The predicted octanol–water partition coefficient (Wildman–Crippen LogP) is 1.44. The number of nitrogens with zero attached hydrogens (tertiary/aromatic N) is 1. The van der Waals surface area contributed by atoms with Crippen molar-refractivity contribution in [2.45, 2.75) is 45.1 Å². The summed E-state index contributed by atoms with van der Waals surface area (Å²) < 4.78 is 0. The largest absolute Gasteiger partial charge is 0.481 e. The minimum absolute atomic E-state index is 0.0578. The molecule has 0 saturated carbocycles. The van der Waals surface area contributed by atoms with E-state index >= 15 is 0 Å². The third kappa shape index (κ3) is 3.72. The Labute approximate surface area is 95.8 Å². The molecule has 2 amide bonds. The lowest BCUT2D eigenvalue weighted by Crippen LogP contribution is -2.48. The second-order valence-corrected chi connectivity index (χ2v) is 4.11. The monoisotopic (exact) mass is 228 g/mol. The number of amides is 2. The quantitative estimate of drug-likeness (QED) is 0.764. The molecule has 0 aromatic heterocycles. The number of carboxylic acid groups (broad SMARTS) is 1. The van der Waals surface area contributed by atoms with Crippen molar-refractivity contribution < 1.29 is 14.7 Å². The molecule has 1 saturated heterocycles. The third-order valence-corrected chi connectivity index (χ3v) is 2.91. The molecule has 92 valence electrons. The van der Waals surface area contributed by atoms with Gasteiger partial charge in [0.2, 0.25) is 0 Å². The lowest BCUT2D eigenvalue weighted by molar-refractivity contribution is -0.137. The summed E-state index contributed by atoms with van der Waals surface area (Å²) in [6.07, 6.45) is 3.72. The summed E-state index contributed by atoms with van der Waals surface area (Å²) in [5, 5.41) is 11.4. The molecule has 1 heterocycles. The van der Waals surface area contributed by atoms with Crippen molar-refractivity contribution in [3.8, 4) is 0 Å². The number of rotatable bonds is 4. The molecule has 0 bridgehead atoms. The van der Waals surface area contributed by atoms with Crippen molar-refractivity contribution in [3.63, 3.8) is 0 Å². The Hall–Kier alpha value is -1.26. The molecule has 5 heteroatoms. The summed E-state index contributed by atoms with van der Waals surface area (Å²) >= 11 is 0. The zero-order valence-corrected chi connectivity index (χ0v) is 9.74. The second-order valence-electron chi connectivity index (χ2n) is 4.11. The summed E-state index contributed by atoms with van der Waals surface area (Å²) in [5.74, 6) is -0.790. The minimum Gasteiger partial charge on any atom is -0.481 e. The maximum atomic E-state index is 11.7. The fourth-order valence-corrected chi connectivity index (χ4v) is 2.11. The van der Waals surface area contributed by atoms with Gasteiger partial charge in [0.25, 0.3) is 0 Å². The van der Waals surface area contributed by atoms with Crippen LogP contribution in [0.5, 0.6) is 0 Å². The zero-order chi connectivity index (χ0) is 12.0. The molecule has 1 fully saturated rings. The molecule has 1 unspecified atom stereocenters. The van der Waals surface area contributed by atoms with Crippen LogP contribution in [0.3, 0.4) is 0 Å². The van der Waals surface area contributed by atoms with E-state index < -0.39 is 5.97 Å². The number of hydrogen-bond acceptors (Lipinski definition) is 2. The van der Waals surface area contributed by atoms with Crippen LogP contribution < -0.4 is 5.32 Å². The van der Waals surface area contributed by atoms with E-state index in [1.165, 1.54) is 0 Å². The van der Waals surface area contributed by atoms with Gasteiger partial charge in [-0.05, 0) is 32.6 Å². The van der Waals surface area contributed by atoms with Crippen LogP contribution in [0.15, 0.2) is 0 Å². The van der Waals surface area contributed by atoms with Gasteiger partial charge in [0.05, 0.1) is 0 Å². The topological polar surface area (TPSA) is 69.6 Å². The summed E-state index contributed by atoms with van der Waals surface area (Å²) in [6.45, 7) is 3.24. The van der Waals surface area contributed by atoms with Gasteiger partial charge in [-0.1, -0.05) is 0 Å². The Morgan fingerprint density at radius 3 is 2.81 bits per heavy atom. The predicted molar refractivity (Wildman–Crippen MR) is 60.3 cm³/mol. The molecule has 0 radical (unpaired) electrons. The summed E-state index contributed by atoms with van der Waals surface area (Å²) in [5.41, 5.74) is 0. The molecular weight excluding hydrogens is 208 g/mol. The highest BCUT2D eigenvalue weighted by Gasteiger charge is 2.26. The van der Waals surface area contributed by atoms with Gasteiger partial charge in [-0.2, -0.15) is 0 Å². The molecule has 16 heavy (non-hydrogen) atoms. The molecular formula is C11H20N2O3. The van der Waals surface area contributed by atoms with Crippen LogP contribution >= 0.6 is 0 Å². The summed E-state index contributed by atoms with van der Waals surface area (Å²) in [7, 11) is 0. The molecule has 2 N–H and O–H groups in total. The van der Waals surface area contributed by atoms with Gasteiger partial charge in [-0.25, -0.2) is 4.79 Å². The van der Waals surface area contributed by atoms with Crippen molar-refractivity contribution in [2.24, 2.45) is 0 Å². The van der Waals surface area contributed by atoms with Gasteiger partial charge in [0.1, 0.15) is 0 Å². The van der Waals surface area contributed by atoms with Crippen LogP contribution in [0.4, 0.5) is 4.79 Å². The van der Waals surface area contributed by atoms with Crippen LogP contribution in [-0.2, 0) is 4.79 Å². The first-order valence-corrected chi connectivity index (χ1v) is 5.91. The van der Waals surface area contributed by atoms with Crippen LogP contribution in [-0.4, -0.2) is 41.1 Å². The van der Waals surface area contributed by atoms with Crippen LogP contribution in [0.2, 0.25) is 0 Å². The summed E-state index contributed by atoms with van der Waals surface area (Å²) in [6, 6.07) is 0.0361. The van der Waals surface area contributed by atoms with Crippen molar-refractivity contribution in [2.75, 3.05) is 13.1 Å². The van der Waals surface area contributed by atoms with Gasteiger partial charge in [-0.3, -0.25) is 4.79 Å². The first-order valence-electron chi connectivity index (χ1n) is 5.91. The Bertz CT molecular complexity index is 256. The number of nitrogens with one attached hydrogen (secondary N) is 1. The lowest BCUT2D eigenvalue weighted by atomic mass is 9.98. The number of carboxylic acids is 1. The van der Waals surface area contributed by atoms with Crippen LogP contribution in [0, 0.1) is 0 Å². The molecule has 1 aliphatic rings. The number of aliphatic carboxylic acids is 1. The maximum absolute atomic E-state index is 11.7. The number of likely N-dealkylation sites (tertiary alicyclic amines) is 1. The smallest absolute Gasteiger partial charge is 0.317 e. The molecule has 0 aliphatic carbocycles. The number of hydrogen-bond donors (Lipinski definition) is 2. The highest BCUT2D eigenvalue weighted by atomic mass is 16.4. The molecule has 1 aliphatic heterocycles. The number of piperidine rings is 1. The zero-order valence-electron chi connectivity index (χ0n) is 9.74. The molecule has 5 nitrogen and oxygen atoms in total. The second kappa shape index (κ2) is 6.35. The van der Waals surface area contributed by atoms with Crippen molar-refractivity contribution >= 4 is 12.0 Å². The standard InChI is InChI=1S/C11H20N2O3/c1-2-12-11(16)13-8-4-3-5-9(13)6-7-10(14)15/h9H,2-8H2,1H3,(H,12,16)(H,14,15). The molecule has 0 aromatic carbocycles. The average Bonchev–Trinajstić information content (AvgIpc) is 2.27. The highest BCUT2D eigenvalue weighted by Crippen LogP contribution is 2.20. The Kier molecular flexibility index (Phi) is 5.08. The van der Waals surface area contributed by atoms with E-state index in [2.05, 4.69) is 5.32 Å². The van der Waals surface area contributed by atoms with Gasteiger partial charge in [0, 0.05) is 25.6 Å². The van der Waals surface area contributed by atoms with Gasteiger partial charge in [0.15, 0.2) is 0 Å². The van der Waals surface area contributed by atoms with E-state index in [4.69, 9.17) is 5.11 Å². The van der Waals surface area contributed by atoms with E-state index in [1.807, 2.05) is 6.92 Å². The number of carbonyl (C=O) groups excluding carboxylic acids is 1. The molecule has 1 atom stereocenters. The third-order valence-electron chi connectivity index (χ3n) is 2.91. The SMILES string of the molecule is CCNC(=O)N1CCCCC1CCC(=O)O. The van der Waals surface area contributed by atoms with Gasteiger partial charge in [-0.15, -0.1) is 0 Å². The summed E-state index contributed by atoms with van der Waals surface area (Å²) in [4.78, 5) is 24.0. The van der Waals surface area contributed by atoms with Crippen molar-refractivity contribution in [1.29, 1.82) is 0 Å². The van der Waals surface area contributed by atoms with E-state index in [-0.39, 0.29) is 18.5 Å². The van der Waals surface area contributed by atoms with Crippen LogP contribution in [0.25, 0.3) is 0 Å². The molecule has 1 rings (SSSR count). The Balaban J connectivity index is 2.49. The fourth-order valence-electron chi connectivity index (χ4n) is 2.11. The number of urea groups is 1. The Morgan fingerprint density at radius 2 is 2.19 bits per heavy atom. The first-order chi connectivity index (χ1) is 7.65. The minimum atomic E-state index is -0.790. The van der Waals surface area contributed by atoms with E-state index in [0.29, 0.717) is 13.0 Å². The normalized spacial score (nSPS) is 20.6.